The third-order valence-corrected chi connectivity index (χ3v) is 5.65. The Kier molecular flexibility index (Phi) is 4.20. The Morgan fingerprint density at radius 3 is 2.82 bits per heavy atom. The fourth-order valence-electron chi connectivity index (χ4n) is 2.70. The quantitative estimate of drug-likeness (QED) is 0.798. The number of rotatable bonds is 6. The van der Waals surface area contributed by atoms with E-state index in [0.29, 0.717) is 13.1 Å². The molecule has 0 radical (unpaired) electrons. The highest BCUT2D eigenvalue weighted by Gasteiger charge is 2.27. The number of hydrogen-bond acceptors (Lipinski definition) is 4. The Hall–Kier alpha value is -1.44. The maximum absolute atomic E-state index is 12.3. The Morgan fingerprint density at radius 2 is 2.14 bits per heavy atom. The SMILES string of the molecule is CNS(=O)(=O)c1ccc2c(c1)N(C(=O)CNCC1CC1)CC2. The molecule has 1 aromatic rings. The lowest BCUT2D eigenvalue weighted by molar-refractivity contribution is -0.117. The summed E-state index contributed by atoms with van der Waals surface area (Å²) in [4.78, 5) is 14.2. The number of amides is 1. The molecule has 1 fully saturated rings. The van der Waals surface area contributed by atoms with Gasteiger partial charge >= 0.3 is 0 Å². The summed E-state index contributed by atoms with van der Waals surface area (Å²) in [7, 11) is -2.11. The first-order valence-electron chi connectivity index (χ1n) is 7.59. The van der Waals surface area contributed by atoms with E-state index in [1.807, 2.05) is 0 Å². The molecule has 0 aromatic heterocycles. The van der Waals surface area contributed by atoms with E-state index in [1.165, 1.54) is 19.9 Å². The molecule has 2 aliphatic rings. The first-order valence-corrected chi connectivity index (χ1v) is 9.07. The second-order valence-corrected chi connectivity index (χ2v) is 7.75. The molecular weight excluding hydrogens is 302 g/mol. The minimum atomic E-state index is -3.49. The number of benzene rings is 1. The topological polar surface area (TPSA) is 78.5 Å². The molecule has 1 heterocycles. The van der Waals surface area contributed by atoms with E-state index < -0.39 is 10.0 Å². The monoisotopic (exact) mass is 323 g/mol. The summed E-state index contributed by atoms with van der Waals surface area (Å²) in [5.41, 5.74) is 1.74. The zero-order valence-electron chi connectivity index (χ0n) is 12.6. The summed E-state index contributed by atoms with van der Waals surface area (Å²) >= 11 is 0. The van der Waals surface area contributed by atoms with Crippen molar-refractivity contribution in [2.24, 2.45) is 5.92 Å². The van der Waals surface area contributed by atoms with Gasteiger partial charge in [-0.05, 0) is 56.5 Å². The molecule has 1 aliphatic carbocycles. The van der Waals surface area contributed by atoms with E-state index in [0.717, 1.165) is 30.1 Å². The molecule has 0 bridgehead atoms. The van der Waals surface area contributed by atoms with E-state index in [9.17, 15) is 13.2 Å². The number of nitrogens with zero attached hydrogens (tertiary/aromatic N) is 1. The molecule has 0 saturated heterocycles. The van der Waals surface area contributed by atoms with Crippen LogP contribution < -0.4 is 14.9 Å². The minimum Gasteiger partial charge on any atom is -0.311 e. The van der Waals surface area contributed by atoms with Crippen molar-refractivity contribution in [1.29, 1.82) is 0 Å². The molecule has 0 unspecified atom stereocenters. The van der Waals surface area contributed by atoms with Crippen LogP contribution >= 0.6 is 0 Å². The predicted molar refractivity (Wildman–Crippen MR) is 84.3 cm³/mol. The van der Waals surface area contributed by atoms with E-state index in [4.69, 9.17) is 0 Å². The molecule has 2 N–H and O–H groups in total. The molecule has 120 valence electrons. The van der Waals surface area contributed by atoms with Crippen molar-refractivity contribution in [2.75, 3.05) is 31.6 Å². The standard InChI is InChI=1S/C15H21N3O3S/c1-16-22(20,21)13-5-4-12-6-7-18(14(12)8-13)15(19)10-17-9-11-2-3-11/h4-5,8,11,16-17H,2-3,6-7,9-10H2,1H3. The second kappa shape index (κ2) is 5.98. The molecule has 0 spiro atoms. The van der Waals surface area contributed by atoms with Gasteiger partial charge in [-0.15, -0.1) is 0 Å². The van der Waals surface area contributed by atoms with Gasteiger partial charge in [-0.3, -0.25) is 4.79 Å². The van der Waals surface area contributed by atoms with Crippen LogP contribution in [0.25, 0.3) is 0 Å². The van der Waals surface area contributed by atoms with Crippen LogP contribution in [0, 0.1) is 5.92 Å². The van der Waals surface area contributed by atoms with Crippen molar-refractivity contribution in [3.05, 3.63) is 23.8 Å². The molecule has 0 atom stereocenters. The molecule has 22 heavy (non-hydrogen) atoms. The van der Waals surface area contributed by atoms with E-state index in [-0.39, 0.29) is 10.8 Å². The molecule has 3 rings (SSSR count). The van der Waals surface area contributed by atoms with E-state index in [1.54, 1.807) is 23.1 Å². The summed E-state index contributed by atoms with van der Waals surface area (Å²) in [6.45, 7) is 1.81. The number of anilines is 1. The second-order valence-electron chi connectivity index (χ2n) is 5.87. The lowest BCUT2D eigenvalue weighted by atomic mass is 10.2. The van der Waals surface area contributed by atoms with Crippen molar-refractivity contribution in [1.82, 2.24) is 10.0 Å². The number of carbonyl (C=O) groups excluding carboxylic acids is 1. The lowest BCUT2D eigenvalue weighted by Crippen LogP contribution is -2.37. The van der Waals surface area contributed by atoms with Crippen LogP contribution in [-0.4, -0.2) is 41.0 Å². The highest BCUT2D eigenvalue weighted by Crippen LogP contribution is 2.30. The first-order chi connectivity index (χ1) is 10.5. The number of fused-ring (bicyclic) bond motifs is 1. The molecule has 1 saturated carbocycles. The Balaban J connectivity index is 1.74. The smallest absolute Gasteiger partial charge is 0.240 e. The number of hydrogen-bond donors (Lipinski definition) is 2. The van der Waals surface area contributed by atoms with Gasteiger partial charge in [0.15, 0.2) is 0 Å². The zero-order valence-corrected chi connectivity index (χ0v) is 13.4. The maximum atomic E-state index is 12.3. The maximum Gasteiger partial charge on any atom is 0.240 e. The van der Waals surface area contributed by atoms with Gasteiger partial charge in [-0.2, -0.15) is 0 Å². The summed E-state index contributed by atoms with van der Waals surface area (Å²) in [6, 6.07) is 4.97. The van der Waals surface area contributed by atoms with E-state index >= 15 is 0 Å². The summed E-state index contributed by atoms with van der Waals surface area (Å²) in [5, 5.41) is 3.19. The fourth-order valence-corrected chi connectivity index (χ4v) is 3.45. The van der Waals surface area contributed by atoms with Crippen LogP contribution in [0.1, 0.15) is 18.4 Å². The molecule has 1 aromatic carbocycles. The Morgan fingerprint density at radius 1 is 1.36 bits per heavy atom. The highest BCUT2D eigenvalue weighted by molar-refractivity contribution is 7.89. The van der Waals surface area contributed by atoms with Crippen LogP contribution in [0.5, 0.6) is 0 Å². The van der Waals surface area contributed by atoms with Gasteiger partial charge in [0, 0.05) is 12.2 Å². The molecule has 7 heteroatoms. The van der Waals surface area contributed by atoms with Crippen molar-refractivity contribution in [3.8, 4) is 0 Å². The first kappa shape index (κ1) is 15.5. The molecule has 6 nitrogen and oxygen atoms in total. The average molecular weight is 323 g/mol. The van der Waals surface area contributed by atoms with Crippen LogP contribution in [0.4, 0.5) is 5.69 Å². The van der Waals surface area contributed by atoms with Crippen molar-refractivity contribution in [3.63, 3.8) is 0 Å². The minimum absolute atomic E-state index is 0.00148. The predicted octanol–water partition coefficient (Wildman–Crippen LogP) is 0.483. The zero-order chi connectivity index (χ0) is 15.7. The summed E-state index contributed by atoms with van der Waals surface area (Å²) in [6.07, 6.45) is 3.27. The third-order valence-electron chi connectivity index (χ3n) is 4.24. The van der Waals surface area contributed by atoms with Crippen LogP contribution in [0.3, 0.4) is 0 Å². The molecular formula is C15H21N3O3S. The number of carbonyl (C=O) groups is 1. The lowest BCUT2D eigenvalue weighted by Gasteiger charge is -2.18. The largest absolute Gasteiger partial charge is 0.311 e. The van der Waals surface area contributed by atoms with Crippen molar-refractivity contribution < 1.29 is 13.2 Å². The highest BCUT2D eigenvalue weighted by atomic mass is 32.2. The van der Waals surface area contributed by atoms with Gasteiger partial charge in [0.05, 0.1) is 11.4 Å². The van der Waals surface area contributed by atoms with Crippen molar-refractivity contribution in [2.45, 2.75) is 24.2 Å². The fraction of sp³-hybridized carbons (Fsp3) is 0.533. The van der Waals surface area contributed by atoms with Gasteiger partial charge in [0.25, 0.3) is 0 Å². The number of nitrogens with one attached hydrogen (secondary N) is 2. The normalized spacial score (nSPS) is 17.6. The Bertz CT molecular complexity index is 683. The molecule has 1 aliphatic heterocycles. The van der Waals surface area contributed by atoms with Gasteiger partial charge < -0.3 is 10.2 Å². The van der Waals surface area contributed by atoms with Crippen LogP contribution in [0.15, 0.2) is 23.1 Å². The van der Waals surface area contributed by atoms with Crippen molar-refractivity contribution >= 4 is 21.6 Å². The van der Waals surface area contributed by atoms with Gasteiger partial charge in [0.1, 0.15) is 0 Å². The van der Waals surface area contributed by atoms with Crippen LogP contribution in [0.2, 0.25) is 0 Å². The summed E-state index contributed by atoms with van der Waals surface area (Å²) < 4.78 is 26.1. The van der Waals surface area contributed by atoms with Gasteiger partial charge in [-0.1, -0.05) is 6.07 Å². The average Bonchev–Trinajstić information content (AvgIpc) is 3.23. The van der Waals surface area contributed by atoms with Crippen LogP contribution in [-0.2, 0) is 21.2 Å². The van der Waals surface area contributed by atoms with E-state index in [2.05, 4.69) is 10.0 Å². The molecule has 1 amide bonds. The Labute approximate surface area is 130 Å². The third kappa shape index (κ3) is 3.16. The van der Waals surface area contributed by atoms with Gasteiger partial charge in [0.2, 0.25) is 15.9 Å². The summed E-state index contributed by atoms with van der Waals surface area (Å²) in [5.74, 6) is 0.726. The number of sulfonamides is 1. The van der Waals surface area contributed by atoms with Gasteiger partial charge in [-0.25, -0.2) is 13.1 Å².